The number of nitrogens with one attached hydrogen (secondary N) is 1. The Kier molecular flexibility index (Phi) is 7.28. The van der Waals surface area contributed by atoms with Gasteiger partial charge in [0, 0.05) is 32.1 Å². The first kappa shape index (κ1) is 21.3. The topological polar surface area (TPSA) is 52.7 Å². The Labute approximate surface area is 164 Å². The molecular weight excluding hydrogens is 338 g/mol. The molecule has 0 spiro atoms. The maximum Gasteiger partial charge on any atom is 0.319 e. The number of likely N-dealkylation sites (tertiary alicyclic amines) is 1. The summed E-state index contributed by atoms with van der Waals surface area (Å²) in [6.07, 6.45) is 1.45. The predicted molar refractivity (Wildman–Crippen MR) is 109 cm³/mol. The molecule has 2 rings (SSSR count). The third-order valence-electron chi connectivity index (χ3n) is 5.46. The van der Waals surface area contributed by atoms with Crippen molar-refractivity contribution in [1.82, 2.24) is 15.1 Å². The molecule has 3 amide bonds. The number of carbonyl (C=O) groups excluding carboxylic acids is 2. The standard InChI is InChI=1S/C22H35N3O2/c1-6-24(7-2)21(27)25-15-13-18(14-16-25)20(26)23-19(22(3,4)5)17-11-9-8-10-12-17/h8-12,18-19H,6-7,13-16H2,1-5H3,(H,23,26). The molecule has 1 aromatic carbocycles. The van der Waals surface area contributed by atoms with Crippen LogP contribution in [-0.2, 0) is 4.79 Å². The minimum Gasteiger partial charge on any atom is -0.349 e. The van der Waals surface area contributed by atoms with Crippen LogP contribution in [-0.4, -0.2) is 47.9 Å². The highest BCUT2D eigenvalue weighted by Gasteiger charge is 2.33. The van der Waals surface area contributed by atoms with Gasteiger partial charge in [-0.1, -0.05) is 51.1 Å². The van der Waals surface area contributed by atoms with E-state index < -0.39 is 0 Å². The number of hydrogen-bond acceptors (Lipinski definition) is 2. The second kappa shape index (κ2) is 9.25. The number of amides is 3. The molecule has 0 saturated carbocycles. The molecule has 0 aromatic heterocycles. The number of piperidine rings is 1. The lowest BCUT2D eigenvalue weighted by molar-refractivity contribution is -0.127. The van der Waals surface area contributed by atoms with Gasteiger partial charge in [0.15, 0.2) is 0 Å². The first-order chi connectivity index (χ1) is 12.8. The Morgan fingerprint density at radius 2 is 1.67 bits per heavy atom. The van der Waals surface area contributed by atoms with E-state index in [2.05, 4.69) is 38.2 Å². The maximum atomic E-state index is 12.9. The normalized spacial score (nSPS) is 16.7. The quantitative estimate of drug-likeness (QED) is 0.846. The van der Waals surface area contributed by atoms with Crippen LogP contribution in [0.4, 0.5) is 4.79 Å². The summed E-state index contributed by atoms with van der Waals surface area (Å²) in [5, 5.41) is 3.28. The van der Waals surface area contributed by atoms with Crippen molar-refractivity contribution in [3.05, 3.63) is 35.9 Å². The van der Waals surface area contributed by atoms with Crippen LogP contribution >= 0.6 is 0 Å². The Morgan fingerprint density at radius 1 is 1.11 bits per heavy atom. The third-order valence-corrected chi connectivity index (χ3v) is 5.46. The zero-order valence-electron chi connectivity index (χ0n) is 17.5. The molecule has 1 unspecified atom stereocenters. The van der Waals surface area contributed by atoms with E-state index in [9.17, 15) is 9.59 Å². The average molecular weight is 374 g/mol. The lowest BCUT2D eigenvalue weighted by Crippen LogP contribution is -2.49. The van der Waals surface area contributed by atoms with Crippen molar-refractivity contribution in [3.63, 3.8) is 0 Å². The van der Waals surface area contributed by atoms with Crippen molar-refractivity contribution in [2.45, 2.75) is 53.5 Å². The van der Waals surface area contributed by atoms with Gasteiger partial charge >= 0.3 is 6.03 Å². The number of rotatable bonds is 5. The zero-order chi connectivity index (χ0) is 20.0. The van der Waals surface area contributed by atoms with Gasteiger partial charge in [0.05, 0.1) is 6.04 Å². The highest BCUT2D eigenvalue weighted by atomic mass is 16.2. The van der Waals surface area contributed by atoms with Crippen LogP contribution in [0.3, 0.4) is 0 Å². The van der Waals surface area contributed by atoms with E-state index in [1.165, 1.54) is 0 Å². The van der Waals surface area contributed by atoms with Crippen LogP contribution in [0.2, 0.25) is 0 Å². The second-order valence-electron chi connectivity index (χ2n) is 8.43. The van der Waals surface area contributed by atoms with Crippen molar-refractivity contribution in [1.29, 1.82) is 0 Å². The lowest BCUT2D eigenvalue weighted by atomic mass is 9.81. The monoisotopic (exact) mass is 373 g/mol. The molecule has 1 aromatic rings. The summed E-state index contributed by atoms with van der Waals surface area (Å²) in [6, 6.07) is 10.2. The van der Waals surface area contributed by atoms with Gasteiger partial charge in [-0.25, -0.2) is 4.79 Å². The van der Waals surface area contributed by atoms with Crippen LogP contribution in [0.1, 0.15) is 59.1 Å². The number of carbonyl (C=O) groups is 2. The fourth-order valence-corrected chi connectivity index (χ4v) is 3.73. The number of urea groups is 1. The molecule has 5 heteroatoms. The summed E-state index contributed by atoms with van der Waals surface area (Å²) in [4.78, 5) is 29.1. The van der Waals surface area contributed by atoms with Gasteiger partial charge in [-0.15, -0.1) is 0 Å². The molecule has 1 aliphatic rings. The van der Waals surface area contributed by atoms with Gasteiger partial charge in [0.2, 0.25) is 5.91 Å². The van der Waals surface area contributed by atoms with Crippen molar-refractivity contribution in [3.8, 4) is 0 Å². The van der Waals surface area contributed by atoms with E-state index in [1.807, 2.05) is 41.8 Å². The van der Waals surface area contributed by atoms with E-state index in [0.29, 0.717) is 13.1 Å². The highest BCUT2D eigenvalue weighted by Crippen LogP contribution is 2.33. The Bertz CT molecular complexity index is 612. The molecule has 1 fully saturated rings. The largest absolute Gasteiger partial charge is 0.349 e. The van der Waals surface area contributed by atoms with E-state index >= 15 is 0 Å². The molecule has 5 nitrogen and oxygen atoms in total. The van der Waals surface area contributed by atoms with Gasteiger partial charge in [-0.3, -0.25) is 4.79 Å². The average Bonchev–Trinajstić information content (AvgIpc) is 2.66. The molecule has 1 N–H and O–H groups in total. The first-order valence-corrected chi connectivity index (χ1v) is 10.2. The smallest absolute Gasteiger partial charge is 0.319 e. The van der Waals surface area contributed by atoms with E-state index in [1.54, 1.807) is 0 Å². The van der Waals surface area contributed by atoms with E-state index in [-0.39, 0.29) is 29.3 Å². The third kappa shape index (κ3) is 5.47. The minimum absolute atomic E-state index is 0.0264. The van der Waals surface area contributed by atoms with Crippen molar-refractivity contribution in [2.75, 3.05) is 26.2 Å². The highest BCUT2D eigenvalue weighted by molar-refractivity contribution is 5.80. The van der Waals surface area contributed by atoms with Gasteiger partial charge in [-0.05, 0) is 37.7 Å². The van der Waals surface area contributed by atoms with Gasteiger partial charge < -0.3 is 15.1 Å². The molecule has 1 aliphatic heterocycles. The van der Waals surface area contributed by atoms with Crippen LogP contribution in [0.5, 0.6) is 0 Å². The molecule has 0 bridgehead atoms. The van der Waals surface area contributed by atoms with Crippen LogP contribution in [0.15, 0.2) is 30.3 Å². The summed E-state index contributed by atoms with van der Waals surface area (Å²) >= 11 is 0. The Hall–Kier alpha value is -2.04. The summed E-state index contributed by atoms with van der Waals surface area (Å²) in [5.41, 5.74) is 1.06. The minimum atomic E-state index is -0.0730. The van der Waals surface area contributed by atoms with E-state index in [4.69, 9.17) is 0 Å². The number of hydrogen-bond donors (Lipinski definition) is 1. The molecule has 1 heterocycles. The molecule has 150 valence electrons. The van der Waals surface area contributed by atoms with Crippen molar-refractivity contribution >= 4 is 11.9 Å². The van der Waals surface area contributed by atoms with Crippen LogP contribution < -0.4 is 5.32 Å². The molecule has 0 aliphatic carbocycles. The number of nitrogens with zero attached hydrogens (tertiary/aromatic N) is 2. The van der Waals surface area contributed by atoms with Crippen molar-refractivity contribution in [2.24, 2.45) is 11.3 Å². The first-order valence-electron chi connectivity index (χ1n) is 10.2. The van der Waals surface area contributed by atoms with E-state index in [0.717, 1.165) is 31.5 Å². The van der Waals surface area contributed by atoms with Crippen LogP contribution in [0, 0.1) is 11.3 Å². The summed E-state index contributed by atoms with van der Waals surface area (Å²) in [7, 11) is 0. The summed E-state index contributed by atoms with van der Waals surface area (Å²) in [6.45, 7) is 13.2. The summed E-state index contributed by atoms with van der Waals surface area (Å²) in [5.74, 6) is 0.0769. The van der Waals surface area contributed by atoms with Crippen LogP contribution in [0.25, 0.3) is 0 Å². The summed E-state index contributed by atoms with van der Waals surface area (Å²) < 4.78 is 0. The van der Waals surface area contributed by atoms with Crippen molar-refractivity contribution < 1.29 is 9.59 Å². The molecule has 27 heavy (non-hydrogen) atoms. The SMILES string of the molecule is CCN(CC)C(=O)N1CCC(C(=O)NC(c2ccccc2)C(C)(C)C)CC1. The van der Waals surface area contributed by atoms with Gasteiger partial charge in [-0.2, -0.15) is 0 Å². The second-order valence-corrected chi connectivity index (χ2v) is 8.43. The maximum absolute atomic E-state index is 12.9. The fraction of sp³-hybridized carbons (Fsp3) is 0.636. The lowest BCUT2D eigenvalue weighted by Gasteiger charge is -2.37. The molecule has 0 radical (unpaired) electrons. The zero-order valence-corrected chi connectivity index (χ0v) is 17.5. The van der Waals surface area contributed by atoms with Gasteiger partial charge in [0.1, 0.15) is 0 Å². The number of benzene rings is 1. The predicted octanol–water partition coefficient (Wildman–Crippen LogP) is 4.06. The fourth-order valence-electron chi connectivity index (χ4n) is 3.73. The molecular formula is C22H35N3O2. The Balaban J connectivity index is 1.97. The molecule has 1 atom stereocenters. The Morgan fingerprint density at radius 3 is 2.15 bits per heavy atom. The van der Waals surface area contributed by atoms with Gasteiger partial charge in [0.25, 0.3) is 0 Å². The molecule has 1 saturated heterocycles.